The molecule has 0 bridgehead atoms. The van der Waals surface area contributed by atoms with Crippen molar-refractivity contribution in [1.29, 1.82) is 0 Å². The molecule has 1 aliphatic rings. The van der Waals surface area contributed by atoms with E-state index in [9.17, 15) is 37.6 Å². The summed E-state index contributed by atoms with van der Waals surface area (Å²) in [5, 5.41) is 32.0. The summed E-state index contributed by atoms with van der Waals surface area (Å²) in [6.45, 7) is 2.75. The van der Waals surface area contributed by atoms with Gasteiger partial charge in [-0.05, 0) is 19.9 Å². The molecule has 0 aliphatic carbocycles. The minimum Gasteiger partial charge on any atom is -0.364 e. The van der Waals surface area contributed by atoms with E-state index in [-0.39, 0.29) is 28.8 Å². The lowest BCUT2D eigenvalue weighted by atomic mass is 10.1. The average Bonchev–Trinajstić information content (AvgIpc) is 3.32. The number of hydrazone groups is 1. The van der Waals surface area contributed by atoms with Crippen LogP contribution in [-0.4, -0.2) is 64.8 Å². The first-order valence-corrected chi connectivity index (χ1v) is 8.38. The second-order valence-electron chi connectivity index (χ2n) is 6.52. The van der Waals surface area contributed by atoms with Gasteiger partial charge in [0.15, 0.2) is 5.69 Å². The molecule has 1 unspecified atom stereocenters. The van der Waals surface area contributed by atoms with Crippen molar-refractivity contribution < 1.29 is 32.4 Å². The monoisotopic (exact) mass is 433 g/mol. The maximum Gasteiger partial charge on any atom is 0.312 e. The molecule has 2 aromatic rings. The van der Waals surface area contributed by atoms with Crippen molar-refractivity contribution in [2.24, 2.45) is 5.10 Å². The highest BCUT2D eigenvalue weighted by atomic mass is 19.3. The van der Waals surface area contributed by atoms with Gasteiger partial charge in [-0.25, -0.2) is 22.2 Å². The number of hydrogen-bond acceptors (Lipinski definition) is 7. The molecule has 30 heavy (non-hydrogen) atoms. The summed E-state index contributed by atoms with van der Waals surface area (Å²) < 4.78 is 54.6. The van der Waals surface area contributed by atoms with Crippen molar-refractivity contribution in [2.45, 2.75) is 45.5 Å². The van der Waals surface area contributed by atoms with E-state index < -0.39 is 47.2 Å². The molecule has 1 atom stereocenters. The number of aryl methyl sites for hydroxylation is 1. The lowest BCUT2D eigenvalue weighted by Gasteiger charge is -2.29. The minimum absolute atomic E-state index is 0.0972. The predicted molar refractivity (Wildman–Crippen MR) is 91.2 cm³/mol. The van der Waals surface area contributed by atoms with Crippen molar-refractivity contribution in [3.63, 3.8) is 0 Å². The molecule has 0 aromatic carbocycles. The van der Waals surface area contributed by atoms with Gasteiger partial charge in [-0.1, -0.05) is 0 Å². The van der Waals surface area contributed by atoms with Gasteiger partial charge < -0.3 is 5.11 Å². The van der Waals surface area contributed by atoms with E-state index >= 15 is 0 Å². The van der Waals surface area contributed by atoms with Crippen molar-refractivity contribution in [2.75, 3.05) is 0 Å². The number of rotatable bonds is 6. The quantitative estimate of drug-likeness (QED) is 0.418. The Balaban J connectivity index is 1.86. The first-order valence-electron chi connectivity index (χ1n) is 8.38. The van der Waals surface area contributed by atoms with Crippen LogP contribution in [0.2, 0.25) is 0 Å². The van der Waals surface area contributed by atoms with Crippen LogP contribution in [0.3, 0.4) is 0 Å². The fraction of sp³-hybridized carbons (Fsp3) is 0.467. The molecule has 2 aromatic heterocycles. The Hall–Kier alpha value is -3.36. The molecular formula is C15H15F4N7O4. The van der Waals surface area contributed by atoms with Crippen molar-refractivity contribution in [1.82, 2.24) is 24.6 Å². The molecule has 3 rings (SSSR count). The molecule has 11 nitrogen and oxygen atoms in total. The van der Waals surface area contributed by atoms with Gasteiger partial charge in [-0.15, -0.1) is 0 Å². The van der Waals surface area contributed by atoms with Gasteiger partial charge in [0.05, 0.1) is 4.92 Å². The van der Waals surface area contributed by atoms with Gasteiger partial charge in [0, 0.05) is 12.6 Å². The highest BCUT2D eigenvalue weighted by molar-refractivity contribution is 5.97. The van der Waals surface area contributed by atoms with E-state index in [1.807, 2.05) is 0 Å². The van der Waals surface area contributed by atoms with Crippen LogP contribution in [0.15, 0.2) is 17.4 Å². The fourth-order valence-corrected chi connectivity index (χ4v) is 2.99. The van der Waals surface area contributed by atoms with Gasteiger partial charge >= 0.3 is 5.69 Å². The third-order valence-corrected chi connectivity index (χ3v) is 4.49. The van der Waals surface area contributed by atoms with Gasteiger partial charge in [-0.3, -0.25) is 19.6 Å². The SMILES string of the molecule is Cc1nn(Cn2ccc(C(=O)N3N=C(C(F)F)CC3(O)C(F)F)n2)c(C)c1[N+](=O)[O-]. The maximum atomic E-state index is 13.3. The fourth-order valence-electron chi connectivity index (χ4n) is 2.99. The first-order chi connectivity index (χ1) is 14.0. The number of carbonyl (C=O) groups is 1. The van der Waals surface area contributed by atoms with E-state index in [1.165, 1.54) is 24.7 Å². The molecule has 1 amide bonds. The number of carbonyl (C=O) groups excluding carboxylic acids is 1. The zero-order valence-corrected chi connectivity index (χ0v) is 15.5. The van der Waals surface area contributed by atoms with E-state index in [1.54, 1.807) is 0 Å². The molecule has 0 radical (unpaired) electrons. The third kappa shape index (κ3) is 3.51. The smallest absolute Gasteiger partial charge is 0.312 e. The molecule has 1 aliphatic heterocycles. The van der Waals surface area contributed by atoms with Crippen LogP contribution in [0.4, 0.5) is 23.2 Å². The summed E-state index contributed by atoms with van der Waals surface area (Å²) in [6, 6.07) is 1.10. The number of hydrogen-bond donors (Lipinski definition) is 1. The Morgan fingerprint density at radius 3 is 2.53 bits per heavy atom. The Bertz CT molecular complexity index is 1030. The number of aromatic nitrogens is 4. The highest BCUT2D eigenvalue weighted by Gasteiger charge is 2.53. The number of alkyl halides is 4. The number of nitrogens with zero attached hydrogens (tertiary/aromatic N) is 7. The van der Waals surface area contributed by atoms with Crippen LogP contribution in [0.5, 0.6) is 0 Å². The van der Waals surface area contributed by atoms with Crippen LogP contribution in [0, 0.1) is 24.0 Å². The highest BCUT2D eigenvalue weighted by Crippen LogP contribution is 2.34. The molecule has 0 saturated heterocycles. The zero-order chi connectivity index (χ0) is 22.4. The summed E-state index contributed by atoms with van der Waals surface area (Å²) in [5.74, 6) is -1.31. The number of halogens is 4. The molecule has 0 saturated carbocycles. The van der Waals surface area contributed by atoms with Gasteiger partial charge in [0.25, 0.3) is 18.8 Å². The summed E-state index contributed by atoms with van der Waals surface area (Å²) in [4.78, 5) is 23.0. The summed E-state index contributed by atoms with van der Waals surface area (Å²) in [5.41, 5.74) is -4.54. The Morgan fingerprint density at radius 1 is 1.33 bits per heavy atom. The summed E-state index contributed by atoms with van der Waals surface area (Å²) >= 11 is 0. The normalized spacial score (nSPS) is 19.1. The third-order valence-electron chi connectivity index (χ3n) is 4.49. The average molecular weight is 433 g/mol. The zero-order valence-electron chi connectivity index (χ0n) is 15.5. The Kier molecular flexibility index (Phi) is 5.32. The van der Waals surface area contributed by atoms with Crippen LogP contribution in [-0.2, 0) is 6.67 Å². The second kappa shape index (κ2) is 7.47. The standard InChI is InChI=1S/C15H15F4N7O4/c1-7-11(26(29)30)8(2)24(20-7)6-23-4-3-9(21-23)13(27)25-15(28,14(18)19)5-10(22-25)12(16)17/h3-4,12,14,28H,5-6H2,1-2H3. The Labute approximate surface area is 165 Å². The van der Waals surface area contributed by atoms with Crippen molar-refractivity contribution in [3.05, 3.63) is 39.5 Å². The number of amides is 1. The lowest BCUT2D eigenvalue weighted by molar-refractivity contribution is -0.386. The molecule has 15 heteroatoms. The number of nitro groups is 1. The van der Waals surface area contributed by atoms with Crippen LogP contribution in [0.1, 0.15) is 28.3 Å². The molecule has 162 valence electrons. The lowest BCUT2D eigenvalue weighted by Crippen LogP contribution is -2.51. The molecule has 1 N–H and O–H groups in total. The second-order valence-corrected chi connectivity index (χ2v) is 6.52. The molecule has 0 spiro atoms. The first kappa shape index (κ1) is 21.4. The maximum absolute atomic E-state index is 13.3. The van der Waals surface area contributed by atoms with Crippen molar-refractivity contribution >= 4 is 17.3 Å². The molecule has 3 heterocycles. The topological polar surface area (TPSA) is 132 Å². The van der Waals surface area contributed by atoms with E-state index in [2.05, 4.69) is 15.3 Å². The number of aliphatic hydroxyl groups is 1. The van der Waals surface area contributed by atoms with Gasteiger partial charge in [0.1, 0.15) is 23.8 Å². The van der Waals surface area contributed by atoms with Crippen LogP contribution >= 0.6 is 0 Å². The predicted octanol–water partition coefficient (Wildman–Crippen LogP) is 1.53. The van der Waals surface area contributed by atoms with E-state index in [0.717, 1.165) is 10.7 Å². The van der Waals surface area contributed by atoms with E-state index in [0.29, 0.717) is 0 Å². The van der Waals surface area contributed by atoms with E-state index in [4.69, 9.17) is 0 Å². The van der Waals surface area contributed by atoms with Crippen LogP contribution in [0.25, 0.3) is 0 Å². The molecular weight excluding hydrogens is 418 g/mol. The summed E-state index contributed by atoms with van der Waals surface area (Å²) in [7, 11) is 0. The summed E-state index contributed by atoms with van der Waals surface area (Å²) in [6.07, 6.45) is -6.74. The van der Waals surface area contributed by atoms with Crippen molar-refractivity contribution in [3.8, 4) is 0 Å². The van der Waals surface area contributed by atoms with Gasteiger partial charge in [-0.2, -0.15) is 20.3 Å². The molecule has 0 fully saturated rings. The largest absolute Gasteiger partial charge is 0.364 e. The van der Waals surface area contributed by atoms with Gasteiger partial charge in [0.2, 0.25) is 5.72 Å². The Morgan fingerprint density at radius 2 is 2.00 bits per heavy atom. The van der Waals surface area contributed by atoms with Crippen LogP contribution < -0.4 is 0 Å². The minimum atomic E-state index is -3.56.